The third-order valence-corrected chi connectivity index (χ3v) is 4.12. The lowest BCUT2D eigenvalue weighted by Gasteiger charge is -2.13. The molecule has 0 saturated carbocycles. The summed E-state index contributed by atoms with van der Waals surface area (Å²) in [6, 6.07) is 14.4. The Balaban J connectivity index is 1.81. The van der Waals surface area contributed by atoms with Crippen molar-refractivity contribution in [1.82, 2.24) is 10.6 Å². The van der Waals surface area contributed by atoms with Gasteiger partial charge in [-0.3, -0.25) is 9.59 Å². The van der Waals surface area contributed by atoms with Gasteiger partial charge in [-0.05, 0) is 42.2 Å². The molecule has 28 heavy (non-hydrogen) atoms. The van der Waals surface area contributed by atoms with E-state index in [0.29, 0.717) is 36.1 Å². The maximum Gasteiger partial charge on any atom is 0.251 e. The molecule has 0 atom stereocenters. The Kier molecular flexibility index (Phi) is 8.34. The number of benzene rings is 2. The molecule has 6 heteroatoms. The number of hydrogen-bond donors (Lipinski definition) is 2. The Morgan fingerprint density at radius 3 is 2.43 bits per heavy atom. The monoisotopic (exact) mass is 384 g/mol. The first kappa shape index (κ1) is 21.3. The molecule has 2 aromatic carbocycles. The average molecular weight is 384 g/mol. The molecule has 0 aliphatic heterocycles. The van der Waals surface area contributed by atoms with Gasteiger partial charge < -0.3 is 20.1 Å². The molecule has 0 fully saturated rings. The Hall–Kier alpha value is -3.02. The van der Waals surface area contributed by atoms with Crippen LogP contribution in [0, 0.1) is 5.92 Å². The largest absolute Gasteiger partial charge is 0.493 e. The van der Waals surface area contributed by atoms with Crippen LogP contribution in [0.5, 0.6) is 11.5 Å². The fraction of sp³-hybridized carbons (Fsp3) is 0.364. The molecule has 0 heterocycles. The maximum absolute atomic E-state index is 12.0. The Morgan fingerprint density at radius 1 is 1.00 bits per heavy atom. The van der Waals surface area contributed by atoms with Crippen LogP contribution >= 0.6 is 0 Å². The molecule has 0 aliphatic carbocycles. The van der Waals surface area contributed by atoms with E-state index < -0.39 is 0 Å². The van der Waals surface area contributed by atoms with Crippen molar-refractivity contribution in [3.05, 3.63) is 59.7 Å². The highest BCUT2D eigenvalue weighted by Crippen LogP contribution is 2.28. The molecule has 0 saturated heterocycles. The van der Waals surface area contributed by atoms with Crippen molar-refractivity contribution in [2.75, 3.05) is 20.3 Å². The molecule has 6 nitrogen and oxygen atoms in total. The number of carbonyl (C=O) groups excluding carboxylic acids is 2. The Bertz CT molecular complexity index is 775. The zero-order valence-corrected chi connectivity index (χ0v) is 16.7. The van der Waals surface area contributed by atoms with Crippen molar-refractivity contribution in [2.45, 2.75) is 26.8 Å². The minimum atomic E-state index is -0.277. The summed E-state index contributed by atoms with van der Waals surface area (Å²) < 4.78 is 11.2. The summed E-state index contributed by atoms with van der Waals surface area (Å²) in [5.74, 6) is 1.35. The van der Waals surface area contributed by atoms with E-state index in [4.69, 9.17) is 9.47 Å². The molecule has 0 bridgehead atoms. The Morgan fingerprint density at radius 2 is 1.75 bits per heavy atom. The number of amides is 2. The van der Waals surface area contributed by atoms with Crippen LogP contribution in [-0.4, -0.2) is 32.1 Å². The van der Waals surface area contributed by atoms with Crippen LogP contribution in [0.4, 0.5) is 0 Å². The predicted octanol–water partition coefficient (Wildman–Crippen LogP) is 3.17. The number of rotatable bonds is 10. The minimum absolute atomic E-state index is 0.0821. The van der Waals surface area contributed by atoms with Crippen LogP contribution in [-0.2, 0) is 11.3 Å². The maximum atomic E-state index is 12.0. The van der Waals surface area contributed by atoms with E-state index >= 15 is 0 Å². The second kappa shape index (κ2) is 11.0. The van der Waals surface area contributed by atoms with Crippen molar-refractivity contribution in [3.63, 3.8) is 0 Å². The second-order valence-corrected chi connectivity index (χ2v) is 6.84. The van der Waals surface area contributed by atoms with E-state index in [1.165, 1.54) is 0 Å². The van der Waals surface area contributed by atoms with Gasteiger partial charge in [-0.25, -0.2) is 0 Å². The third-order valence-electron chi connectivity index (χ3n) is 4.12. The molecule has 0 unspecified atom stereocenters. The smallest absolute Gasteiger partial charge is 0.251 e. The van der Waals surface area contributed by atoms with Gasteiger partial charge in [0.25, 0.3) is 5.91 Å². The first-order valence-corrected chi connectivity index (χ1v) is 9.39. The lowest BCUT2D eigenvalue weighted by atomic mass is 10.1. The van der Waals surface area contributed by atoms with E-state index in [1.807, 2.05) is 24.3 Å². The summed E-state index contributed by atoms with van der Waals surface area (Å²) in [5.41, 5.74) is 1.41. The molecule has 0 aromatic heterocycles. The standard InChI is InChI=1S/C22H28N2O4/c1-16(2)11-12-28-19-10-9-17(13-20(19)27-3)14-23-21(25)15-24-22(26)18-7-5-4-6-8-18/h4-10,13,16H,11-12,14-15H2,1-3H3,(H,23,25)(H,24,26). The highest BCUT2D eigenvalue weighted by molar-refractivity contribution is 5.96. The van der Waals surface area contributed by atoms with Crippen LogP contribution in [0.25, 0.3) is 0 Å². The van der Waals surface area contributed by atoms with E-state index in [0.717, 1.165) is 12.0 Å². The topological polar surface area (TPSA) is 76.7 Å². The highest BCUT2D eigenvalue weighted by Gasteiger charge is 2.09. The molecular weight excluding hydrogens is 356 g/mol. The zero-order chi connectivity index (χ0) is 20.4. The van der Waals surface area contributed by atoms with E-state index in [1.54, 1.807) is 31.4 Å². The van der Waals surface area contributed by atoms with Crippen molar-refractivity contribution in [1.29, 1.82) is 0 Å². The Labute approximate surface area is 166 Å². The fourth-order valence-corrected chi connectivity index (χ4v) is 2.46. The zero-order valence-electron chi connectivity index (χ0n) is 16.7. The van der Waals surface area contributed by atoms with Crippen LogP contribution in [0.1, 0.15) is 36.2 Å². The van der Waals surface area contributed by atoms with Gasteiger partial charge in [0.1, 0.15) is 0 Å². The lowest BCUT2D eigenvalue weighted by molar-refractivity contribution is -0.120. The first-order valence-electron chi connectivity index (χ1n) is 9.39. The van der Waals surface area contributed by atoms with Gasteiger partial charge in [0.05, 0.1) is 20.3 Å². The van der Waals surface area contributed by atoms with Crippen molar-refractivity contribution in [3.8, 4) is 11.5 Å². The van der Waals surface area contributed by atoms with Crippen molar-refractivity contribution in [2.24, 2.45) is 5.92 Å². The van der Waals surface area contributed by atoms with Gasteiger partial charge in [0.2, 0.25) is 5.91 Å². The molecule has 2 amide bonds. The molecule has 2 N–H and O–H groups in total. The molecule has 0 radical (unpaired) electrons. The fourth-order valence-electron chi connectivity index (χ4n) is 2.46. The minimum Gasteiger partial charge on any atom is -0.493 e. The number of nitrogens with one attached hydrogen (secondary N) is 2. The SMILES string of the molecule is COc1cc(CNC(=O)CNC(=O)c2ccccc2)ccc1OCCC(C)C. The second-order valence-electron chi connectivity index (χ2n) is 6.84. The van der Waals surface area contributed by atoms with Gasteiger partial charge in [-0.15, -0.1) is 0 Å². The quantitative estimate of drug-likeness (QED) is 0.660. The van der Waals surface area contributed by atoms with Crippen molar-refractivity contribution >= 4 is 11.8 Å². The lowest BCUT2D eigenvalue weighted by Crippen LogP contribution is -2.36. The van der Waals surface area contributed by atoms with Gasteiger partial charge in [0.15, 0.2) is 11.5 Å². The summed E-state index contributed by atoms with van der Waals surface area (Å²) in [7, 11) is 1.59. The van der Waals surface area contributed by atoms with Gasteiger partial charge in [-0.1, -0.05) is 38.1 Å². The molecule has 0 aliphatic rings. The van der Waals surface area contributed by atoms with E-state index in [-0.39, 0.29) is 18.4 Å². The van der Waals surface area contributed by atoms with Crippen LogP contribution in [0.3, 0.4) is 0 Å². The van der Waals surface area contributed by atoms with E-state index in [9.17, 15) is 9.59 Å². The van der Waals surface area contributed by atoms with Crippen LogP contribution in [0.2, 0.25) is 0 Å². The van der Waals surface area contributed by atoms with Crippen molar-refractivity contribution < 1.29 is 19.1 Å². The van der Waals surface area contributed by atoms with Gasteiger partial charge in [0, 0.05) is 12.1 Å². The molecule has 2 rings (SSSR count). The predicted molar refractivity (Wildman–Crippen MR) is 109 cm³/mol. The molecular formula is C22H28N2O4. The van der Waals surface area contributed by atoms with Gasteiger partial charge >= 0.3 is 0 Å². The van der Waals surface area contributed by atoms with Crippen LogP contribution in [0.15, 0.2) is 48.5 Å². The molecule has 2 aromatic rings. The summed E-state index contributed by atoms with van der Waals surface area (Å²) >= 11 is 0. The number of ether oxygens (including phenoxy) is 2. The van der Waals surface area contributed by atoms with Gasteiger partial charge in [-0.2, -0.15) is 0 Å². The van der Waals surface area contributed by atoms with Crippen LogP contribution < -0.4 is 20.1 Å². The average Bonchev–Trinajstić information content (AvgIpc) is 2.71. The molecule has 0 spiro atoms. The summed E-state index contributed by atoms with van der Waals surface area (Å²) in [5, 5.41) is 5.39. The number of hydrogen-bond acceptors (Lipinski definition) is 4. The number of methoxy groups -OCH3 is 1. The summed E-state index contributed by atoms with van der Waals surface area (Å²) in [4.78, 5) is 23.9. The third kappa shape index (κ3) is 6.95. The van der Waals surface area contributed by atoms with E-state index in [2.05, 4.69) is 24.5 Å². The first-order chi connectivity index (χ1) is 13.5. The highest BCUT2D eigenvalue weighted by atomic mass is 16.5. The molecule has 150 valence electrons. The summed E-state index contributed by atoms with van der Waals surface area (Å²) in [6.45, 7) is 5.18. The number of carbonyl (C=O) groups is 2. The normalized spacial score (nSPS) is 10.4. The summed E-state index contributed by atoms with van der Waals surface area (Å²) in [6.07, 6.45) is 0.968.